The highest BCUT2D eigenvalue weighted by molar-refractivity contribution is 5.65. The van der Waals surface area contributed by atoms with Crippen molar-refractivity contribution in [3.8, 4) is 0 Å². The maximum atomic E-state index is 10.3. The van der Waals surface area contributed by atoms with Gasteiger partial charge in [-0.1, -0.05) is 0 Å². The molecule has 0 aromatic rings. The Morgan fingerprint density at radius 1 is 1.45 bits per heavy atom. The van der Waals surface area contributed by atoms with Gasteiger partial charge in [0.1, 0.15) is 0 Å². The van der Waals surface area contributed by atoms with Crippen LogP contribution in [-0.4, -0.2) is 36.0 Å². The number of carbonyl (C=O) groups excluding carboxylic acids is 1. The Kier molecular flexibility index (Phi) is 5.78. The standard InChI is InChI=1S/C7H14O4/c1-6(10)11-3-2-7(4-8)5-9/h7-9H,2-5H2,1H3. The average Bonchev–Trinajstić information content (AvgIpc) is 1.98. The van der Waals surface area contributed by atoms with E-state index in [2.05, 4.69) is 4.74 Å². The van der Waals surface area contributed by atoms with Crippen LogP contribution in [0.25, 0.3) is 0 Å². The van der Waals surface area contributed by atoms with Gasteiger partial charge in [-0.05, 0) is 6.42 Å². The van der Waals surface area contributed by atoms with Crippen molar-refractivity contribution in [3.05, 3.63) is 0 Å². The van der Waals surface area contributed by atoms with Crippen LogP contribution in [0.15, 0.2) is 0 Å². The summed E-state index contributed by atoms with van der Waals surface area (Å²) in [5.74, 6) is -0.506. The molecule has 2 N–H and O–H groups in total. The first kappa shape index (κ1) is 10.4. The van der Waals surface area contributed by atoms with E-state index in [0.29, 0.717) is 6.42 Å². The maximum Gasteiger partial charge on any atom is 0.302 e. The zero-order valence-corrected chi connectivity index (χ0v) is 6.62. The van der Waals surface area contributed by atoms with E-state index in [1.54, 1.807) is 0 Å². The molecular formula is C7H14O4. The molecule has 0 aliphatic rings. The molecule has 4 nitrogen and oxygen atoms in total. The number of aliphatic hydroxyl groups is 2. The highest BCUT2D eigenvalue weighted by Gasteiger charge is 2.05. The van der Waals surface area contributed by atoms with Crippen molar-refractivity contribution in [2.75, 3.05) is 19.8 Å². The molecule has 0 unspecified atom stereocenters. The van der Waals surface area contributed by atoms with E-state index in [0.717, 1.165) is 0 Å². The lowest BCUT2D eigenvalue weighted by Crippen LogP contribution is -2.14. The Balaban J connectivity index is 3.28. The van der Waals surface area contributed by atoms with Gasteiger partial charge in [0.05, 0.1) is 6.61 Å². The Morgan fingerprint density at radius 2 is 2.00 bits per heavy atom. The summed E-state index contributed by atoms with van der Waals surface area (Å²) in [6, 6.07) is 0. The van der Waals surface area contributed by atoms with Crippen LogP contribution in [-0.2, 0) is 9.53 Å². The second-order valence-corrected chi connectivity index (χ2v) is 2.36. The van der Waals surface area contributed by atoms with Crippen molar-refractivity contribution < 1.29 is 19.7 Å². The monoisotopic (exact) mass is 162 g/mol. The van der Waals surface area contributed by atoms with Gasteiger partial charge in [0.25, 0.3) is 0 Å². The molecule has 0 atom stereocenters. The van der Waals surface area contributed by atoms with E-state index in [9.17, 15) is 4.79 Å². The maximum absolute atomic E-state index is 10.3. The molecule has 4 heteroatoms. The van der Waals surface area contributed by atoms with E-state index >= 15 is 0 Å². The fourth-order valence-corrected chi connectivity index (χ4v) is 0.610. The highest BCUT2D eigenvalue weighted by Crippen LogP contribution is 2.00. The van der Waals surface area contributed by atoms with Crippen LogP contribution in [0.5, 0.6) is 0 Å². The molecule has 0 aromatic heterocycles. The second kappa shape index (κ2) is 6.12. The minimum atomic E-state index is -0.334. The molecule has 0 rings (SSSR count). The van der Waals surface area contributed by atoms with Gasteiger partial charge in [-0.2, -0.15) is 0 Å². The minimum absolute atomic E-state index is 0.0717. The SMILES string of the molecule is CC(=O)OCCC(CO)CO. The number of aliphatic hydroxyl groups excluding tert-OH is 2. The Bertz CT molecular complexity index is 109. The smallest absolute Gasteiger partial charge is 0.302 e. The predicted molar refractivity (Wildman–Crippen MR) is 38.9 cm³/mol. The third-order valence-corrected chi connectivity index (χ3v) is 1.35. The molecule has 0 fully saturated rings. The fraction of sp³-hybridized carbons (Fsp3) is 0.857. The summed E-state index contributed by atoms with van der Waals surface area (Å²) in [7, 11) is 0. The van der Waals surface area contributed by atoms with Crippen LogP contribution < -0.4 is 0 Å². The summed E-state index contributed by atoms with van der Waals surface area (Å²) < 4.78 is 4.61. The van der Waals surface area contributed by atoms with Gasteiger partial charge >= 0.3 is 5.97 Å². The Morgan fingerprint density at radius 3 is 2.36 bits per heavy atom. The van der Waals surface area contributed by atoms with Gasteiger partial charge in [-0.3, -0.25) is 4.79 Å². The van der Waals surface area contributed by atoms with Crippen molar-refractivity contribution >= 4 is 5.97 Å². The summed E-state index contributed by atoms with van der Waals surface area (Å²) in [6.07, 6.45) is 0.507. The second-order valence-electron chi connectivity index (χ2n) is 2.36. The van der Waals surface area contributed by atoms with Crippen LogP contribution in [0.1, 0.15) is 13.3 Å². The quantitative estimate of drug-likeness (QED) is 0.537. The number of ether oxygens (including phenoxy) is 1. The number of hydrogen-bond acceptors (Lipinski definition) is 4. The van der Waals surface area contributed by atoms with E-state index < -0.39 is 0 Å². The molecular weight excluding hydrogens is 148 g/mol. The molecule has 0 aliphatic carbocycles. The first-order chi connectivity index (χ1) is 5.20. The van der Waals surface area contributed by atoms with E-state index in [-0.39, 0.29) is 31.7 Å². The number of rotatable bonds is 5. The third kappa shape index (κ3) is 5.82. The predicted octanol–water partition coefficient (Wildman–Crippen LogP) is -0.460. The number of hydrogen-bond donors (Lipinski definition) is 2. The third-order valence-electron chi connectivity index (χ3n) is 1.35. The average molecular weight is 162 g/mol. The Hall–Kier alpha value is -0.610. The van der Waals surface area contributed by atoms with Gasteiger partial charge in [-0.25, -0.2) is 0 Å². The van der Waals surface area contributed by atoms with Crippen LogP contribution in [0, 0.1) is 5.92 Å². The summed E-state index contributed by atoms with van der Waals surface area (Å²) in [6.45, 7) is 1.45. The first-order valence-corrected chi connectivity index (χ1v) is 3.55. The number of esters is 1. The van der Waals surface area contributed by atoms with Crippen molar-refractivity contribution in [3.63, 3.8) is 0 Å². The molecule has 0 heterocycles. The fourth-order valence-electron chi connectivity index (χ4n) is 0.610. The molecule has 0 aliphatic heterocycles. The van der Waals surface area contributed by atoms with Crippen LogP contribution in [0.2, 0.25) is 0 Å². The minimum Gasteiger partial charge on any atom is -0.466 e. The van der Waals surface area contributed by atoms with Crippen molar-refractivity contribution in [1.82, 2.24) is 0 Å². The lowest BCUT2D eigenvalue weighted by molar-refractivity contribution is -0.141. The molecule has 66 valence electrons. The van der Waals surface area contributed by atoms with E-state index in [1.165, 1.54) is 6.92 Å². The molecule has 0 spiro atoms. The zero-order chi connectivity index (χ0) is 8.69. The van der Waals surface area contributed by atoms with E-state index in [4.69, 9.17) is 10.2 Å². The van der Waals surface area contributed by atoms with Crippen molar-refractivity contribution in [2.45, 2.75) is 13.3 Å². The normalized spacial score (nSPS) is 10.2. The Labute approximate surface area is 65.8 Å². The van der Waals surface area contributed by atoms with Gasteiger partial charge < -0.3 is 14.9 Å². The summed E-state index contributed by atoms with van der Waals surface area (Å²) in [4.78, 5) is 10.3. The number of carbonyl (C=O) groups is 1. The van der Waals surface area contributed by atoms with Gasteiger partial charge in [-0.15, -0.1) is 0 Å². The van der Waals surface area contributed by atoms with Crippen LogP contribution in [0.4, 0.5) is 0 Å². The molecule has 0 radical (unpaired) electrons. The summed E-state index contributed by atoms with van der Waals surface area (Å²) in [5.41, 5.74) is 0. The molecule has 11 heavy (non-hydrogen) atoms. The summed E-state index contributed by atoms with van der Waals surface area (Å²) in [5, 5.41) is 17.2. The van der Waals surface area contributed by atoms with Gasteiger partial charge in [0.2, 0.25) is 0 Å². The first-order valence-electron chi connectivity index (χ1n) is 3.55. The van der Waals surface area contributed by atoms with Crippen molar-refractivity contribution in [1.29, 1.82) is 0 Å². The molecule has 0 bridgehead atoms. The van der Waals surface area contributed by atoms with Crippen LogP contribution >= 0.6 is 0 Å². The molecule has 0 saturated carbocycles. The van der Waals surface area contributed by atoms with Crippen molar-refractivity contribution in [2.24, 2.45) is 5.92 Å². The summed E-state index contributed by atoms with van der Waals surface area (Å²) >= 11 is 0. The highest BCUT2D eigenvalue weighted by atomic mass is 16.5. The molecule has 0 amide bonds. The lowest BCUT2D eigenvalue weighted by atomic mass is 10.1. The lowest BCUT2D eigenvalue weighted by Gasteiger charge is -2.09. The molecule has 0 saturated heterocycles. The molecule has 0 aromatic carbocycles. The zero-order valence-electron chi connectivity index (χ0n) is 6.62. The van der Waals surface area contributed by atoms with Gasteiger partial charge in [0.15, 0.2) is 0 Å². The van der Waals surface area contributed by atoms with Crippen LogP contribution in [0.3, 0.4) is 0 Å². The topological polar surface area (TPSA) is 66.8 Å². The largest absolute Gasteiger partial charge is 0.466 e. The van der Waals surface area contributed by atoms with E-state index in [1.807, 2.05) is 0 Å². The van der Waals surface area contributed by atoms with Gasteiger partial charge in [0, 0.05) is 26.1 Å².